The Morgan fingerprint density at radius 3 is 2.10 bits per heavy atom. The van der Waals surface area contributed by atoms with Crippen LogP contribution in [0.15, 0.2) is 24.3 Å². The molecule has 0 aromatic heterocycles. The monoisotopic (exact) mass is 674 g/mol. The van der Waals surface area contributed by atoms with Gasteiger partial charge in [-0.15, -0.1) is 0 Å². The maximum absolute atomic E-state index is 13.5. The van der Waals surface area contributed by atoms with E-state index < -0.39 is 34.3 Å². The number of aliphatic hydroxyl groups is 1. The van der Waals surface area contributed by atoms with Gasteiger partial charge in [0.1, 0.15) is 17.5 Å². The molecule has 1 aromatic rings. The highest BCUT2D eigenvalue weighted by atomic mass is 16.6. The summed E-state index contributed by atoms with van der Waals surface area (Å²) >= 11 is 0. The van der Waals surface area contributed by atoms with E-state index >= 15 is 0 Å². The summed E-state index contributed by atoms with van der Waals surface area (Å²) in [7, 11) is 0. The maximum atomic E-state index is 13.5. The van der Waals surface area contributed by atoms with Gasteiger partial charge in [0.25, 0.3) is 0 Å². The van der Waals surface area contributed by atoms with Crippen LogP contribution in [-0.2, 0) is 28.6 Å². The summed E-state index contributed by atoms with van der Waals surface area (Å²) in [5.74, 6) is 0.565. The fourth-order valence-corrected chi connectivity index (χ4v) is 9.74. The molecule has 8 nitrogen and oxygen atoms in total. The molecule has 8 unspecified atom stereocenters. The van der Waals surface area contributed by atoms with Gasteiger partial charge < -0.3 is 24.4 Å². The molecule has 0 radical (unpaired) electrons. The van der Waals surface area contributed by atoms with Gasteiger partial charge >= 0.3 is 17.9 Å². The zero-order valence-corrected chi connectivity index (χ0v) is 27.0. The van der Waals surface area contributed by atoms with E-state index in [4.69, 9.17) is 19.3 Å². The highest BCUT2D eigenvalue weighted by Crippen LogP contribution is 2.63. The topological polar surface area (TPSA) is 119 Å². The first-order valence-electron chi connectivity index (χ1n) is 16.9. The molecule has 48 heavy (non-hydrogen) atoms. The van der Waals surface area contributed by atoms with Crippen LogP contribution in [0, 0.1) is 35.0 Å². The molecule has 6 saturated carbocycles. The first kappa shape index (κ1) is 41.6. The Bertz CT molecular complexity index is 1270. The van der Waals surface area contributed by atoms with Crippen molar-refractivity contribution >= 4 is 17.9 Å². The third-order valence-electron chi connectivity index (χ3n) is 12.2. The fraction of sp³-hybridized carbons (Fsp3) is 0.775. The second kappa shape index (κ2) is 14.7. The van der Waals surface area contributed by atoms with Gasteiger partial charge in [-0.25, -0.2) is 0 Å². The standard InChI is InChI=1S/C26H36O7.C10H14O.4CH4/c1-4-23(2,3)22(29)33-26(16-6-17-18(7-16)21(28)31-20(17)26)12-19(27)32-25-10-14-5-15(11-25)9-24(30,8-14)13-25;1-3-8(2)9-4-6-10(11)7-5-9;;;;/h14-18,20,30H,4-13H2,1-3H3;4-8,11H,3H2,1-2H3;4*1H4. The normalized spacial score (nSPS) is 36.5. The van der Waals surface area contributed by atoms with Gasteiger partial charge in [-0.1, -0.05) is 62.6 Å². The summed E-state index contributed by atoms with van der Waals surface area (Å²) in [4.78, 5) is 39.1. The van der Waals surface area contributed by atoms with Crippen molar-refractivity contribution in [1.82, 2.24) is 0 Å². The number of benzene rings is 1. The van der Waals surface area contributed by atoms with Crippen LogP contribution in [0.3, 0.4) is 0 Å². The largest absolute Gasteiger partial charge is 0.508 e. The second-order valence-electron chi connectivity index (χ2n) is 15.8. The average molecular weight is 675 g/mol. The number of hydrogen-bond acceptors (Lipinski definition) is 8. The Morgan fingerprint density at radius 1 is 0.958 bits per heavy atom. The predicted octanol–water partition coefficient (Wildman–Crippen LogP) is 8.75. The molecule has 274 valence electrons. The molecule has 6 aliphatic carbocycles. The summed E-state index contributed by atoms with van der Waals surface area (Å²) in [6.45, 7) is 9.97. The quantitative estimate of drug-likeness (QED) is 0.208. The van der Waals surface area contributed by atoms with Crippen LogP contribution in [0.25, 0.3) is 0 Å². The van der Waals surface area contributed by atoms with Gasteiger partial charge in [-0.05, 0) is 107 Å². The zero-order chi connectivity index (χ0) is 31.7. The third-order valence-corrected chi connectivity index (χ3v) is 12.2. The van der Waals surface area contributed by atoms with E-state index in [0.717, 1.165) is 44.9 Å². The second-order valence-corrected chi connectivity index (χ2v) is 15.8. The highest BCUT2D eigenvalue weighted by Gasteiger charge is 2.72. The van der Waals surface area contributed by atoms with Gasteiger partial charge in [-0.2, -0.15) is 0 Å². The molecule has 8 atom stereocenters. The molecule has 7 fully saturated rings. The number of phenolic OH excluding ortho intramolecular Hbond substituents is 1. The minimum absolute atomic E-state index is 0. The van der Waals surface area contributed by atoms with E-state index in [1.165, 1.54) is 5.56 Å². The summed E-state index contributed by atoms with van der Waals surface area (Å²) in [5.41, 5.74) is -1.88. The van der Waals surface area contributed by atoms with Crippen LogP contribution < -0.4 is 0 Å². The predicted molar refractivity (Wildman–Crippen MR) is 189 cm³/mol. The van der Waals surface area contributed by atoms with E-state index in [1.807, 2.05) is 32.9 Å². The van der Waals surface area contributed by atoms with Crippen molar-refractivity contribution < 1.29 is 38.8 Å². The molecule has 0 amide bonds. The summed E-state index contributed by atoms with van der Waals surface area (Å²) in [5, 5.41) is 20.0. The van der Waals surface area contributed by atoms with Gasteiger partial charge in [0.2, 0.25) is 0 Å². The van der Waals surface area contributed by atoms with Crippen LogP contribution in [0.4, 0.5) is 0 Å². The van der Waals surface area contributed by atoms with Gasteiger partial charge in [0.05, 0.1) is 23.4 Å². The number of carbonyl (C=O) groups is 3. The Morgan fingerprint density at radius 2 is 1.56 bits per heavy atom. The van der Waals surface area contributed by atoms with E-state index in [-0.39, 0.29) is 65.8 Å². The molecule has 2 N–H and O–H groups in total. The SMILES string of the molecule is C.C.C.C.CCC(C)(C)C(=O)OC1(CC(=O)OC23CC4CC(CC(O)(C4)C2)C3)C2CC3C(=O)OC1C3C2.CCC(C)c1ccc(O)cc1. The van der Waals surface area contributed by atoms with Crippen LogP contribution >= 0.6 is 0 Å². The molecule has 7 aliphatic rings. The number of esters is 3. The Hall–Kier alpha value is -2.61. The molecule has 1 aliphatic heterocycles. The van der Waals surface area contributed by atoms with E-state index in [9.17, 15) is 19.5 Å². The Kier molecular flexibility index (Phi) is 12.7. The van der Waals surface area contributed by atoms with Gasteiger partial charge in [0.15, 0.2) is 5.60 Å². The van der Waals surface area contributed by atoms with Gasteiger partial charge in [0, 0.05) is 18.3 Å². The molecule has 1 saturated heterocycles. The summed E-state index contributed by atoms with van der Waals surface area (Å²) in [6, 6.07) is 7.43. The molecule has 8 heteroatoms. The molecule has 1 heterocycles. The molecule has 6 bridgehead atoms. The van der Waals surface area contributed by atoms with E-state index in [0.29, 0.717) is 42.8 Å². The lowest BCUT2D eigenvalue weighted by Gasteiger charge is -2.59. The number of carbonyl (C=O) groups excluding carboxylic acids is 3. The summed E-state index contributed by atoms with van der Waals surface area (Å²) < 4.78 is 18.2. The van der Waals surface area contributed by atoms with Crippen molar-refractivity contribution in [2.45, 2.75) is 164 Å². The van der Waals surface area contributed by atoms with Crippen molar-refractivity contribution in [3.8, 4) is 5.75 Å². The Balaban J connectivity index is 0.000000462. The molecule has 8 rings (SSSR count). The first-order chi connectivity index (χ1) is 20.7. The number of fused-ring (bicyclic) bond motifs is 1. The number of phenols is 1. The number of rotatable bonds is 8. The van der Waals surface area contributed by atoms with Crippen LogP contribution in [0.1, 0.15) is 146 Å². The lowest BCUT2D eigenvalue weighted by Crippen LogP contribution is -2.61. The van der Waals surface area contributed by atoms with Gasteiger partial charge in [-0.3, -0.25) is 14.4 Å². The van der Waals surface area contributed by atoms with Crippen molar-refractivity contribution in [1.29, 1.82) is 0 Å². The minimum Gasteiger partial charge on any atom is -0.508 e. The number of aromatic hydroxyl groups is 1. The zero-order valence-electron chi connectivity index (χ0n) is 27.0. The molecule has 1 aromatic carbocycles. The maximum Gasteiger partial charge on any atom is 0.312 e. The van der Waals surface area contributed by atoms with Crippen LogP contribution in [0.2, 0.25) is 0 Å². The third kappa shape index (κ3) is 7.29. The number of hydrogen-bond donors (Lipinski definition) is 2. The lowest BCUT2D eigenvalue weighted by molar-refractivity contribution is -0.227. The van der Waals surface area contributed by atoms with Crippen molar-refractivity contribution in [3.63, 3.8) is 0 Å². The Labute approximate surface area is 290 Å². The first-order valence-corrected chi connectivity index (χ1v) is 16.9. The smallest absolute Gasteiger partial charge is 0.312 e. The molecular formula is C40H66O8. The van der Waals surface area contributed by atoms with Crippen molar-refractivity contribution in [3.05, 3.63) is 29.8 Å². The minimum atomic E-state index is -1.15. The molecular weight excluding hydrogens is 608 g/mol. The van der Waals surface area contributed by atoms with Crippen molar-refractivity contribution in [2.75, 3.05) is 0 Å². The fourth-order valence-electron chi connectivity index (χ4n) is 9.74. The van der Waals surface area contributed by atoms with Crippen LogP contribution in [-0.4, -0.2) is 51.0 Å². The molecule has 0 spiro atoms. The average Bonchev–Trinajstić information content (AvgIpc) is 3.57. The van der Waals surface area contributed by atoms with E-state index in [1.54, 1.807) is 12.1 Å². The lowest BCUT2D eigenvalue weighted by atomic mass is 9.52. The van der Waals surface area contributed by atoms with Crippen LogP contribution in [0.5, 0.6) is 5.75 Å². The summed E-state index contributed by atoms with van der Waals surface area (Å²) in [6.07, 6.45) is 7.27. The number of ether oxygens (including phenoxy) is 3. The highest BCUT2D eigenvalue weighted by molar-refractivity contribution is 5.81. The van der Waals surface area contributed by atoms with E-state index in [2.05, 4.69) is 13.8 Å². The van der Waals surface area contributed by atoms with Crippen molar-refractivity contribution in [2.24, 2.45) is 35.0 Å².